The SMILES string of the molecule is Cc1cc(C)cc(NC(=O)[C@@H]2CCCN2)c1.Cl. The monoisotopic (exact) mass is 254 g/mol. The summed E-state index contributed by atoms with van der Waals surface area (Å²) in [4.78, 5) is 11.9. The predicted molar refractivity (Wildman–Crippen MR) is 72.8 cm³/mol. The fraction of sp³-hybridized carbons (Fsp3) is 0.462. The van der Waals surface area contributed by atoms with Gasteiger partial charge in [0.05, 0.1) is 6.04 Å². The minimum absolute atomic E-state index is 0. The molecule has 0 bridgehead atoms. The quantitative estimate of drug-likeness (QED) is 0.851. The Kier molecular flexibility index (Phi) is 4.97. The van der Waals surface area contributed by atoms with Crippen molar-refractivity contribution in [1.29, 1.82) is 0 Å². The Labute approximate surface area is 108 Å². The largest absolute Gasteiger partial charge is 0.325 e. The van der Waals surface area contributed by atoms with Crippen LogP contribution in [0.15, 0.2) is 18.2 Å². The molecular weight excluding hydrogens is 236 g/mol. The van der Waals surface area contributed by atoms with Crippen molar-refractivity contribution in [3.05, 3.63) is 29.3 Å². The molecule has 0 aliphatic carbocycles. The molecule has 1 aromatic rings. The van der Waals surface area contributed by atoms with Gasteiger partial charge >= 0.3 is 0 Å². The minimum Gasteiger partial charge on any atom is -0.325 e. The maximum Gasteiger partial charge on any atom is 0.241 e. The van der Waals surface area contributed by atoms with Gasteiger partial charge in [0.25, 0.3) is 0 Å². The molecule has 1 amide bonds. The highest BCUT2D eigenvalue weighted by Crippen LogP contribution is 2.15. The van der Waals surface area contributed by atoms with Crippen molar-refractivity contribution in [3.8, 4) is 0 Å². The molecule has 0 radical (unpaired) electrons. The molecule has 1 aromatic carbocycles. The molecule has 2 rings (SSSR count). The summed E-state index contributed by atoms with van der Waals surface area (Å²) in [7, 11) is 0. The Morgan fingerprint density at radius 1 is 1.29 bits per heavy atom. The number of amides is 1. The van der Waals surface area contributed by atoms with Gasteiger partial charge in [-0.3, -0.25) is 4.79 Å². The van der Waals surface area contributed by atoms with E-state index in [1.165, 1.54) is 11.1 Å². The number of carbonyl (C=O) groups excluding carboxylic acids is 1. The lowest BCUT2D eigenvalue weighted by Gasteiger charge is -2.12. The molecule has 0 aromatic heterocycles. The Morgan fingerprint density at radius 2 is 1.94 bits per heavy atom. The molecule has 1 heterocycles. The Hall–Kier alpha value is -1.06. The molecule has 4 heteroatoms. The Bertz CT molecular complexity index is 380. The van der Waals surface area contributed by atoms with Gasteiger partial charge in [-0.05, 0) is 56.5 Å². The van der Waals surface area contributed by atoms with Crippen LogP contribution in [-0.4, -0.2) is 18.5 Å². The summed E-state index contributed by atoms with van der Waals surface area (Å²) in [5.41, 5.74) is 3.25. The summed E-state index contributed by atoms with van der Waals surface area (Å²) in [5.74, 6) is 0.0856. The standard InChI is InChI=1S/C13H18N2O.ClH/c1-9-6-10(2)8-11(7-9)15-13(16)12-4-3-5-14-12;/h6-8,12,14H,3-5H2,1-2H3,(H,15,16);1H/t12-;/m0./s1. The first-order valence-electron chi connectivity index (χ1n) is 5.78. The third kappa shape index (κ3) is 3.72. The molecular formula is C13H19ClN2O. The summed E-state index contributed by atoms with van der Waals surface area (Å²) < 4.78 is 0. The third-order valence-corrected chi connectivity index (χ3v) is 2.87. The van der Waals surface area contributed by atoms with E-state index < -0.39 is 0 Å². The highest BCUT2D eigenvalue weighted by molar-refractivity contribution is 5.95. The fourth-order valence-corrected chi connectivity index (χ4v) is 2.18. The van der Waals surface area contributed by atoms with Crippen molar-refractivity contribution in [1.82, 2.24) is 5.32 Å². The summed E-state index contributed by atoms with van der Waals surface area (Å²) >= 11 is 0. The van der Waals surface area contributed by atoms with Gasteiger partial charge in [0.15, 0.2) is 0 Å². The highest BCUT2D eigenvalue weighted by Gasteiger charge is 2.21. The maximum atomic E-state index is 11.9. The molecule has 17 heavy (non-hydrogen) atoms. The van der Waals surface area contributed by atoms with Crippen molar-refractivity contribution >= 4 is 24.0 Å². The number of aryl methyl sites for hydroxylation is 2. The van der Waals surface area contributed by atoms with Crippen molar-refractivity contribution in [2.75, 3.05) is 11.9 Å². The van der Waals surface area contributed by atoms with Crippen molar-refractivity contribution in [2.24, 2.45) is 0 Å². The predicted octanol–water partition coefficient (Wildman–Crippen LogP) is 2.42. The molecule has 0 spiro atoms. The van der Waals surface area contributed by atoms with Gasteiger partial charge in [0, 0.05) is 5.69 Å². The lowest BCUT2D eigenvalue weighted by Crippen LogP contribution is -2.35. The van der Waals surface area contributed by atoms with E-state index in [-0.39, 0.29) is 24.4 Å². The molecule has 1 aliphatic heterocycles. The van der Waals surface area contributed by atoms with Gasteiger partial charge in [0.1, 0.15) is 0 Å². The second-order valence-electron chi connectivity index (χ2n) is 4.51. The number of hydrogen-bond donors (Lipinski definition) is 2. The first-order valence-corrected chi connectivity index (χ1v) is 5.78. The number of rotatable bonds is 2. The van der Waals surface area contributed by atoms with Gasteiger partial charge in [-0.1, -0.05) is 6.07 Å². The van der Waals surface area contributed by atoms with Crippen LogP contribution in [0.1, 0.15) is 24.0 Å². The first-order chi connectivity index (χ1) is 7.65. The van der Waals surface area contributed by atoms with E-state index in [0.717, 1.165) is 25.1 Å². The first kappa shape index (κ1) is 14.0. The van der Waals surface area contributed by atoms with E-state index in [1.54, 1.807) is 0 Å². The lowest BCUT2D eigenvalue weighted by molar-refractivity contribution is -0.117. The van der Waals surface area contributed by atoms with Crippen molar-refractivity contribution in [2.45, 2.75) is 32.7 Å². The van der Waals surface area contributed by atoms with Crippen LogP contribution >= 0.6 is 12.4 Å². The maximum absolute atomic E-state index is 11.9. The van der Waals surface area contributed by atoms with Crippen molar-refractivity contribution in [3.63, 3.8) is 0 Å². The second-order valence-corrected chi connectivity index (χ2v) is 4.51. The van der Waals surface area contributed by atoms with Gasteiger partial charge in [-0.25, -0.2) is 0 Å². The van der Waals surface area contributed by atoms with Crippen LogP contribution in [0.2, 0.25) is 0 Å². The summed E-state index contributed by atoms with van der Waals surface area (Å²) in [6.45, 7) is 5.03. The van der Waals surface area contributed by atoms with E-state index in [0.29, 0.717) is 0 Å². The second kappa shape index (κ2) is 6.03. The lowest BCUT2D eigenvalue weighted by atomic mass is 10.1. The van der Waals surface area contributed by atoms with Gasteiger partial charge < -0.3 is 10.6 Å². The molecule has 3 nitrogen and oxygen atoms in total. The number of hydrogen-bond acceptors (Lipinski definition) is 2. The highest BCUT2D eigenvalue weighted by atomic mass is 35.5. The summed E-state index contributed by atoms with van der Waals surface area (Å²) in [6.07, 6.45) is 2.03. The molecule has 2 N–H and O–H groups in total. The topological polar surface area (TPSA) is 41.1 Å². The zero-order valence-corrected chi connectivity index (χ0v) is 11.1. The molecule has 1 atom stereocenters. The van der Waals surface area contributed by atoms with E-state index in [9.17, 15) is 4.79 Å². The van der Waals surface area contributed by atoms with Gasteiger partial charge in [0.2, 0.25) is 5.91 Å². The average Bonchev–Trinajstić information content (AvgIpc) is 2.68. The Morgan fingerprint density at radius 3 is 2.47 bits per heavy atom. The van der Waals surface area contributed by atoms with Crippen LogP contribution in [0, 0.1) is 13.8 Å². The molecule has 0 saturated carbocycles. The smallest absolute Gasteiger partial charge is 0.241 e. The van der Waals surface area contributed by atoms with Crippen LogP contribution in [0.3, 0.4) is 0 Å². The molecule has 94 valence electrons. The van der Waals surface area contributed by atoms with E-state index in [2.05, 4.69) is 16.7 Å². The average molecular weight is 255 g/mol. The molecule has 1 aliphatic rings. The number of carbonyl (C=O) groups is 1. The number of benzene rings is 1. The zero-order chi connectivity index (χ0) is 11.5. The minimum atomic E-state index is -0.0131. The Balaban J connectivity index is 0.00000144. The van der Waals surface area contributed by atoms with Crippen LogP contribution in [0.25, 0.3) is 0 Å². The van der Waals surface area contributed by atoms with Crippen LogP contribution in [0.5, 0.6) is 0 Å². The number of nitrogens with one attached hydrogen (secondary N) is 2. The molecule has 1 saturated heterocycles. The van der Waals surface area contributed by atoms with Crippen LogP contribution in [0.4, 0.5) is 5.69 Å². The van der Waals surface area contributed by atoms with Crippen LogP contribution < -0.4 is 10.6 Å². The normalized spacial score (nSPS) is 18.6. The molecule has 0 unspecified atom stereocenters. The summed E-state index contributed by atoms with van der Waals surface area (Å²) in [6, 6.07) is 6.09. The summed E-state index contributed by atoms with van der Waals surface area (Å²) in [5, 5.41) is 6.16. The number of halogens is 1. The van der Waals surface area contributed by atoms with E-state index in [4.69, 9.17) is 0 Å². The van der Waals surface area contributed by atoms with Crippen LogP contribution in [-0.2, 0) is 4.79 Å². The van der Waals surface area contributed by atoms with E-state index >= 15 is 0 Å². The number of anilines is 1. The third-order valence-electron chi connectivity index (χ3n) is 2.87. The van der Waals surface area contributed by atoms with Gasteiger partial charge in [-0.2, -0.15) is 0 Å². The van der Waals surface area contributed by atoms with Gasteiger partial charge in [-0.15, -0.1) is 12.4 Å². The fourth-order valence-electron chi connectivity index (χ4n) is 2.18. The molecule has 1 fully saturated rings. The van der Waals surface area contributed by atoms with Crippen molar-refractivity contribution < 1.29 is 4.79 Å². The van der Waals surface area contributed by atoms with E-state index in [1.807, 2.05) is 26.0 Å². The zero-order valence-electron chi connectivity index (χ0n) is 10.2.